The second kappa shape index (κ2) is 11.0. The van der Waals surface area contributed by atoms with E-state index in [-0.39, 0.29) is 12.1 Å². The molecule has 3 heterocycles. The minimum absolute atomic E-state index is 0.00568. The van der Waals surface area contributed by atoms with Crippen LogP contribution in [-0.2, 0) is 25.5 Å². The first kappa shape index (κ1) is 30.9. The summed E-state index contributed by atoms with van der Waals surface area (Å²) in [7, 11) is -1.63. The van der Waals surface area contributed by atoms with Crippen LogP contribution in [-0.4, -0.2) is 79.8 Å². The van der Waals surface area contributed by atoms with Crippen molar-refractivity contribution in [1.82, 2.24) is 9.47 Å². The number of benzene rings is 1. The van der Waals surface area contributed by atoms with Crippen LogP contribution < -0.4 is 10.4 Å². The number of hydrogen-bond acceptors (Lipinski definition) is 6. The Labute approximate surface area is 242 Å². The summed E-state index contributed by atoms with van der Waals surface area (Å²) >= 11 is 0. The van der Waals surface area contributed by atoms with E-state index in [1.165, 1.54) is 0 Å². The standard InChI is InChI=1S/C30H50BN3O5Si/c1-22-20-32(14-15-34(22)27(35)37-28(2,3)4)25-18-23(31-38-29(5,6)30(7,8)39-31)19-26-24(25)12-13-33(26)21-36-16-17-40(9,10)11/h12-13,18-19,22H,14-17,20-21H2,1-11H3. The first-order valence-corrected chi connectivity index (χ1v) is 18.4. The lowest BCUT2D eigenvalue weighted by molar-refractivity contribution is 0.00578. The third-order valence-electron chi connectivity index (χ3n) is 8.24. The Balaban J connectivity index is 1.64. The first-order valence-electron chi connectivity index (χ1n) is 14.7. The third kappa shape index (κ3) is 6.89. The van der Waals surface area contributed by atoms with Gasteiger partial charge in [-0.3, -0.25) is 0 Å². The molecule has 222 valence electrons. The third-order valence-corrected chi connectivity index (χ3v) is 9.94. The molecule has 2 aliphatic heterocycles. The minimum Gasteiger partial charge on any atom is -0.444 e. The average Bonchev–Trinajstić information content (AvgIpc) is 3.30. The molecule has 1 aromatic heterocycles. The molecule has 1 aromatic carbocycles. The van der Waals surface area contributed by atoms with Crippen LogP contribution in [0.5, 0.6) is 0 Å². The van der Waals surface area contributed by atoms with Crippen molar-refractivity contribution in [2.45, 2.75) is 111 Å². The van der Waals surface area contributed by atoms with Crippen LogP contribution in [0, 0.1) is 0 Å². The lowest BCUT2D eigenvalue weighted by Crippen LogP contribution is -2.55. The Morgan fingerprint density at radius 1 is 1.10 bits per heavy atom. The molecule has 40 heavy (non-hydrogen) atoms. The van der Waals surface area contributed by atoms with E-state index in [9.17, 15) is 4.79 Å². The topological polar surface area (TPSA) is 65.4 Å². The zero-order valence-corrected chi connectivity index (χ0v) is 27.6. The fourth-order valence-corrected chi connectivity index (χ4v) is 5.85. The molecule has 0 aliphatic carbocycles. The fraction of sp³-hybridized carbons (Fsp3) is 0.700. The molecule has 0 spiro atoms. The number of aromatic nitrogens is 1. The number of ether oxygens (including phenoxy) is 2. The van der Waals surface area contributed by atoms with Crippen LogP contribution in [0.3, 0.4) is 0 Å². The van der Waals surface area contributed by atoms with Gasteiger partial charge in [0, 0.05) is 57.6 Å². The zero-order chi connectivity index (χ0) is 29.7. The van der Waals surface area contributed by atoms with Crippen LogP contribution in [0.15, 0.2) is 24.4 Å². The molecule has 4 rings (SSSR count). The van der Waals surface area contributed by atoms with Gasteiger partial charge in [-0.2, -0.15) is 0 Å². The monoisotopic (exact) mass is 571 g/mol. The normalized spacial score (nSPS) is 21.4. The van der Waals surface area contributed by atoms with Crippen molar-refractivity contribution in [1.29, 1.82) is 0 Å². The molecular formula is C30H50BN3O5Si. The highest BCUT2D eigenvalue weighted by Crippen LogP contribution is 2.38. The van der Waals surface area contributed by atoms with Crippen molar-refractivity contribution in [2.24, 2.45) is 0 Å². The van der Waals surface area contributed by atoms with Gasteiger partial charge in [-0.15, -0.1) is 0 Å². The zero-order valence-electron chi connectivity index (χ0n) is 26.6. The van der Waals surface area contributed by atoms with Crippen LogP contribution in [0.2, 0.25) is 25.7 Å². The number of nitrogens with zero attached hydrogens (tertiary/aromatic N) is 3. The molecule has 1 unspecified atom stereocenters. The Bertz CT molecular complexity index is 1200. The molecule has 2 saturated heterocycles. The summed E-state index contributed by atoms with van der Waals surface area (Å²) in [6.45, 7) is 26.5. The van der Waals surface area contributed by atoms with Crippen molar-refractivity contribution < 1.29 is 23.6 Å². The molecule has 0 bridgehead atoms. The number of carbonyl (C=O) groups excluding carboxylic acids is 1. The molecule has 0 radical (unpaired) electrons. The molecule has 0 N–H and O–H groups in total. The summed E-state index contributed by atoms with van der Waals surface area (Å²) in [4.78, 5) is 17.1. The van der Waals surface area contributed by atoms with Gasteiger partial charge in [-0.1, -0.05) is 19.6 Å². The maximum atomic E-state index is 12.9. The Morgan fingerprint density at radius 2 is 1.75 bits per heavy atom. The second-order valence-electron chi connectivity index (χ2n) is 14.7. The number of fused-ring (bicyclic) bond motifs is 1. The van der Waals surface area contributed by atoms with E-state index in [1.54, 1.807) is 0 Å². The minimum atomic E-state index is -1.16. The van der Waals surface area contributed by atoms with Gasteiger partial charge in [0.2, 0.25) is 0 Å². The van der Waals surface area contributed by atoms with Crippen LogP contribution in [0.25, 0.3) is 10.9 Å². The molecule has 2 aliphatic rings. The summed E-state index contributed by atoms with van der Waals surface area (Å²) in [5, 5.41) is 1.16. The summed E-state index contributed by atoms with van der Waals surface area (Å²) in [5.41, 5.74) is 1.84. The maximum Gasteiger partial charge on any atom is 0.494 e. The lowest BCUT2D eigenvalue weighted by atomic mass is 9.78. The van der Waals surface area contributed by atoms with E-state index < -0.39 is 32.0 Å². The van der Waals surface area contributed by atoms with Gasteiger partial charge in [0.15, 0.2) is 0 Å². The van der Waals surface area contributed by atoms with E-state index in [2.05, 4.69) is 88.1 Å². The van der Waals surface area contributed by atoms with Crippen molar-refractivity contribution in [3.63, 3.8) is 0 Å². The highest BCUT2D eigenvalue weighted by atomic mass is 28.3. The predicted octanol–water partition coefficient (Wildman–Crippen LogP) is 5.70. The Morgan fingerprint density at radius 3 is 2.33 bits per heavy atom. The van der Waals surface area contributed by atoms with Gasteiger partial charge >= 0.3 is 13.2 Å². The highest BCUT2D eigenvalue weighted by molar-refractivity contribution is 6.76. The van der Waals surface area contributed by atoms with Crippen LogP contribution in [0.1, 0.15) is 55.4 Å². The summed E-state index contributed by atoms with van der Waals surface area (Å²) in [6.07, 6.45) is 1.86. The fourth-order valence-electron chi connectivity index (χ4n) is 5.10. The van der Waals surface area contributed by atoms with Gasteiger partial charge in [0.25, 0.3) is 0 Å². The largest absolute Gasteiger partial charge is 0.494 e. The predicted molar refractivity (Wildman–Crippen MR) is 166 cm³/mol. The van der Waals surface area contributed by atoms with Gasteiger partial charge in [-0.05, 0) is 85.1 Å². The van der Waals surface area contributed by atoms with Gasteiger partial charge in [0.05, 0.1) is 16.7 Å². The molecule has 0 saturated carbocycles. The average molecular weight is 572 g/mol. The van der Waals surface area contributed by atoms with Crippen LogP contribution >= 0.6 is 0 Å². The highest BCUT2D eigenvalue weighted by Gasteiger charge is 2.52. The molecule has 10 heteroatoms. The summed E-state index contributed by atoms with van der Waals surface area (Å²) in [5.74, 6) is 0. The number of amides is 1. The summed E-state index contributed by atoms with van der Waals surface area (Å²) < 4.78 is 26.9. The number of rotatable bonds is 7. The molecule has 2 fully saturated rings. The van der Waals surface area contributed by atoms with E-state index in [4.69, 9.17) is 18.8 Å². The summed E-state index contributed by atoms with van der Waals surface area (Å²) in [6, 6.07) is 7.70. The molecule has 1 atom stereocenters. The molecule has 1 amide bonds. The van der Waals surface area contributed by atoms with E-state index >= 15 is 0 Å². The smallest absolute Gasteiger partial charge is 0.444 e. The molecule has 8 nitrogen and oxygen atoms in total. The molecule has 2 aromatic rings. The number of carbonyl (C=O) groups is 1. The van der Waals surface area contributed by atoms with Crippen LogP contribution in [0.4, 0.5) is 10.5 Å². The van der Waals surface area contributed by atoms with E-state index in [1.807, 2.05) is 25.7 Å². The number of piperazine rings is 1. The second-order valence-corrected chi connectivity index (χ2v) is 20.3. The lowest BCUT2D eigenvalue weighted by Gasteiger charge is -2.41. The van der Waals surface area contributed by atoms with Gasteiger partial charge in [-0.25, -0.2) is 4.79 Å². The van der Waals surface area contributed by atoms with Gasteiger partial charge in [0.1, 0.15) is 12.3 Å². The SMILES string of the molecule is CC1CN(c2cc(B3OC(C)(C)C(C)(C)O3)cc3c2ccn3COCC[Si](C)(C)C)CCN1C(=O)OC(C)(C)C. The van der Waals surface area contributed by atoms with Crippen molar-refractivity contribution in [3.05, 3.63) is 24.4 Å². The Kier molecular flexibility index (Phi) is 8.51. The number of hydrogen-bond donors (Lipinski definition) is 0. The number of anilines is 1. The Hall–Kier alpha value is -2.01. The first-order chi connectivity index (χ1) is 18.4. The molecular weight excluding hydrogens is 521 g/mol. The van der Waals surface area contributed by atoms with E-state index in [0.29, 0.717) is 26.4 Å². The quantitative estimate of drug-likeness (QED) is 0.314. The van der Waals surface area contributed by atoms with E-state index in [0.717, 1.165) is 34.7 Å². The van der Waals surface area contributed by atoms with Crippen molar-refractivity contribution in [2.75, 3.05) is 31.1 Å². The van der Waals surface area contributed by atoms with Crippen molar-refractivity contribution in [3.8, 4) is 0 Å². The van der Waals surface area contributed by atoms with Gasteiger partial charge < -0.3 is 33.1 Å². The van der Waals surface area contributed by atoms with Crippen molar-refractivity contribution >= 4 is 43.3 Å². The maximum absolute atomic E-state index is 12.9.